The van der Waals surface area contributed by atoms with Crippen LogP contribution in [0, 0.1) is 49.0 Å². The van der Waals surface area contributed by atoms with Gasteiger partial charge in [0.05, 0.1) is 44.6 Å². The van der Waals surface area contributed by atoms with Crippen LogP contribution in [0.15, 0.2) is 121 Å². The number of nitrogens with zero attached hydrogens (tertiary/aromatic N) is 2. The molecule has 0 fully saturated rings. The number of phenolic OH excluding ortho intramolecular Hbond substituents is 2. The Labute approximate surface area is 589 Å². The summed E-state index contributed by atoms with van der Waals surface area (Å²) in [6.45, 7) is 48.0. The van der Waals surface area contributed by atoms with Crippen molar-refractivity contribution in [2.45, 2.75) is 204 Å². The molecule has 6 nitrogen and oxygen atoms in total. The van der Waals surface area contributed by atoms with E-state index >= 15 is 17.6 Å². The number of aliphatic hydroxyl groups is 2. The molecule has 0 aliphatic rings. The number of aromatic hydroxyl groups is 4. The minimum absolute atomic E-state index is 0. The molecule has 2 aromatic heterocycles. The first-order valence-corrected chi connectivity index (χ1v) is 33.1. The van der Waals surface area contributed by atoms with Gasteiger partial charge < -0.3 is 43.7 Å². The maximum absolute atomic E-state index is 16.8. The molecule has 0 spiro atoms. The molecular weight excluding hydrogens is 1370 g/mol. The van der Waals surface area contributed by atoms with Crippen LogP contribution in [0.4, 0.5) is 17.6 Å². The Bertz CT molecular complexity index is 4130. The third-order valence-electron chi connectivity index (χ3n) is 18.7. The van der Waals surface area contributed by atoms with Crippen molar-refractivity contribution in [2.24, 2.45) is 10.8 Å². The van der Waals surface area contributed by atoms with E-state index in [1.807, 2.05) is 24.3 Å². The minimum atomic E-state index is -0.913. The fourth-order valence-electron chi connectivity index (χ4n) is 14.4. The number of fused-ring (bicyclic) bond motifs is 6. The molecule has 0 saturated heterocycles. The van der Waals surface area contributed by atoms with E-state index in [0.29, 0.717) is 11.4 Å². The van der Waals surface area contributed by atoms with Crippen molar-refractivity contribution in [1.29, 1.82) is 0 Å². The Morgan fingerprint density at radius 1 is 0.344 bits per heavy atom. The standard InChI is InChI=1S/C83H98F4N2O4.2CH3.Hf/c1-76(2,3)46-82(19,20)52-38-60(72(90)70(40-52)88-66-28-24-48(78(7,8)9)34-56(66)57-35-49(79(10,11)12)25-29-67(57)88)62-42-54(84)44-64(86)74(62)92-32-23-33-93-75-63(43-55(85)45-65(75)87)61-39-53(83(21,22)47-77(4,5)6)41-71(73(61)91)89-68-30-26-50(80(13,14)15)36-58(68)59-37-51(81(16,17)18)27-31-69(59)89;;;/h24-31,34-45,90-91H,23,32-33,46-47H2,1-22H3;2*1H3;/q;2*-1;/p+2. The molecule has 0 aliphatic carbocycles. The molecule has 8 aromatic carbocycles. The van der Waals surface area contributed by atoms with Gasteiger partial charge in [0.2, 0.25) is 11.6 Å². The number of benzene rings is 8. The third kappa shape index (κ3) is 15.4. The molecule has 10 aromatic rings. The Morgan fingerprint density at radius 2 is 0.615 bits per heavy atom. The van der Waals surface area contributed by atoms with Crippen LogP contribution >= 0.6 is 0 Å². The fourth-order valence-corrected chi connectivity index (χ4v) is 14.4. The van der Waals surface area contributed by atoms with E-state index in [-0.39, 0.29) is 138 Å². The van der Waals surface area contributed by atoms with Crippen LogP contribution in [0.2, 0.25) is 0 Å². The van der Waals surface area contributed by atoms with Gasteiger partial charge in [-0.05, 0) is 174 Å². The summed E-state index contributed by atoms with van der Waals surface area (Å²) in [4.78, 5) is 0. The zero-order valence-corrected chi connectivity index (χ0v) is 65.4. The van der Waals surface area contributed by atoms with Crippen LogP contribution in [-0.2, 0) is 58.3 Å². The summed E-state index contributed by atoms with van der Waals surface area (Å²) in [5, 5.41) is 30.1. The van der Waals surface area contributed by atoms with Gasteiger partial charge in [-0.1, -0.05) is 177 Å². The maximum atomic E-state index is 16.8. The first-order chi connectivity index (χ1) is 42.8. The van der Waals surface area contributed by atoms with Gasteiger partial charge >= 0.3 is 0 Å². The molecule has 0 atom stereocenters. The molecule has 0 saturated carbocycles. The molecule has 0 amide bonds. The molecule has 10 rings (SSSR count). The van der Waals surface area contributed by atoms with Crippen LogP contribution in [-0.4, -0.2) is 42.0 Å². The largest absolute Gasteiger partial charge is 0.580 e. The maximum Gasteiger partial charge on any atom is 0.299 e. The Morgan fingerprint density at radius 3 is 0.865 bits per heavy atom. The summed E-state index contributed by atoms with van der Waals surface area (Å²) >= 11 is 0. The molecule has 11 heteroatoms. The third-order valence-corrected chi connectivity index (χ3v) is 18.7. The first-order valence-electron chi connectivity index (χ1n) is 33.1. The normalized spacial score (nSPS) is 12.9. The summed E-state index contributed by atoms with van der Waals surface area (Å²) in [6, 6.07) is 37.7. The van der Waals surface area contributed by atoms with Crippen LogP contribution in [0.5, 0.6) is 23.0 Å². The van der Waals surface area contributed by atoms with E-state index < -0.39 is 34.1 Å². The zero-order valence-electron chi connectivity index (χ0n) is 61.8. The number of aromatic nitrogens is 2. The Balaban J connectivity index is 0.00000433. The smallest absolute Gasteiger partial charge is 0.299 e. The SMILES string of the molecule is CC(C)(C)CC(C)(C)c1cc(-c2cc(F)cc(F)c2[OH+]CCC[OH+]c2c(F)cc(F)cc2-c2cc(C(C)(C)CC(C)(C)C)cc(-n3c4ccc(C(C)(C)C)cc4c4cc(C(C)(C)C)ccc43)c2O)c(O)c(-n2c3ccc(C(C)(C)C)cc3c3cc(C(C)(C)C)ccc32)c1.[CH3-].[CH3-].[Hf]. The van der Waals surface area contributed by atoms with Crippen molar-refractivity contribution in [3.8, 4) is 56.6 Å². The summed E-state index contributed by atoms with van der Waals surface area (Å²) in [5.41, 5.74) is 9.52. The summed E-state index contributed by atoms with van der Waals surface area (Å²) in [5.74, 6) is -4.13. The number of halogens is 4. The van der Waals surface area contributed by atoms with Gasteiger partial charge in [0, 0.05) is 70.6 Å². The van der Waals surface area contributed by atoms with Crippen LogP contribution in [0.1, 0.15) is 205 Å². The molecular formula is C85H106F4HfN2O4. The van der Waals surface area contributed by atoms with Gasteiger partial charge in [-0.15, -0.1) is 0 Å². The number of hydrogen-bond donors (Lipinski definition) is 2. The average Bonchev–Trinajstić information content (AvgIpc) is 1.53. The van der Waals surface area contributed by atoms with Crippen molar-refractivity contribution in [2.75, 3.05) is 13.2 Å². The topological polar surface area (TPSA) is 75.9 Å². The van der Waals surface area contributed by atoms with E-state index in [1.165, 1.54) is 12.1 Å². The second-order valence-electron chi connectivity index (χ2n) is 34.3. The van der Waals surface area contributed by atoms with Crippen LogP contribution in [0.25, 0.3) is 77.2 Å². The van der Waals surface area contributed by atoms with Crippen LogP contribution < -0.4 is 0 Å². The first kappa shape index (κ1) is 76.5. The van der Waals surface area contributed by atoms with E-state index in [9.17, 15) is 10.2 Å². The van der Waals surface area contributed by atoms with Gasteiger partial charge in [0.25, 0.3) is 11.5 Å². The van der Waals surface area contributed by atoms with E-state index in [4.69, 9.17) is 9.47 Å². The summed E-state index contributed by atoms with van der Waals surface area (Å²) in [7, 11) is 0. The molecule has 4 N–H and O–H groups in total. The van der Waals surface area contributed by atoms with Crippen molar-refractivity contribution < 1.29 is 63.1 Å². The predicted molar refractivity (Wildman–Crippen MR) is 395 cm³/mol. The van der Waals surface area contributed by atoms with Crippen molar-refractivity contribution >= 4 is 43.6 Å². The molecule has 0 bridgehead atoms. The summed E-state index contributed by atoms with van der Waals surface area (Å²) in [6.07, 6.45) is 1.66. The van der Waals surface area contributed by atoms with E-state index in [1.54, 1.807) is 0 Å². The molecule has 0 aliphatic heterocycles. The Hall–Kier alpha value is -6.85. The summed E-state index contributed by atoms with van der Waals surface area (Å²) < 4.78 is 79.3. The average molecular weight is 1470 g/mol. The van der Waals surface area contributed by atoms with Crippen LogP contribution in [0.3, 0.4) is 0 Å². The molecule has 512 valence electrons. The monoisotopic (exact) mass is 1470 g/mol. The number of ether oxygens (including phenoxy) is 2. The molecule has 2 heterocycles. The minimum Gasteiger partial charge on any atom is -0.580 e. The second kappa shape index (κ2) is 26.8. The molecule has 96 heavy (non-hydrogen) atoms. The van der Waals surface area contributed by atoms with Gasteiger partial charge in [-0.25, -0.2) is 8.78 Å². The number of phenols is 2. The quantitative estimate of drug-likeness (QED) is 0.0374. The fraction of sp³-hybridized carbons (Fsp3) is 0.412. The zero-order chi connectivity index (χ0) is 68.4. The van der Waals surface area contributed by atoms with Gasteiger partial charge in [0.15, 0.2) is 13.2 Å². The van der Waals surface area contributed by atoms with E-state index in [0.717, 1.165) is 102 Å². The molecule has 0 radical (unpaired) electrons. The number of hydrogen-bond acceptors (Lipinski definition) is 2. The van der Waals surface area contributed by atoms with Crippen molar-refractivity contribution in [3.05, 3.63) is 193 Å². The predicted octanol–water partition coefficient (Wildman–Crippen LogP) is 24.3. The second-order valence-corrected chi connectivity index (χ2v) is 34.3. The van der Waals surface area contributed by atoms with Gasteiger partial charge in [-0.3, -0.25) is 0 Å². The molecule has 0 unspecified atom stereocenters. The van der Waals surface area contributed by atoms with Crippen molar-refractivity contribution in [1.82, 2.24) is 9.13 Å². The van der Waals surface area contributed by atoms with E-state index in [2.05, 4.69) is 234 Å². The Kier molecular flexibility index (Phi) is 21.3. The van der Waals surface area contributed by atoms with Gasteiger partial charge in [0.1, 0.15) is 29.6 Å². The van der Waals surface area contributed by atoms with Gasteiger partial charge in [-0.2, -0.15) is 8.78 Å². The number of rotatable bonds is 14. The van der Waals surface area contributed by atoms with Crippen molar-refractivity contribution in [3.63, 3.8) is 0 Å².